The van der Waals surface area contributed by atoms with E-state index < -0.39 is 5.97 Å². The van der Waals surface area contributed by atoms with E-state index in [0.29, 0.717) is 0 Å². The molecule has 0 aliphatic heterocycles. The van der Waals surface area contributed by atoms with E-state index in [1.165, 1.54) is 0 Å². The Bertz CT molecular complexity index is 560. The summed E-state index contributed by atoms with van der Waals surface area (Å²) in [6.45, 7) is 1.93. The maximum atomic E-state index is 10.7. The van der Waals surface area contributed by atoms with Crippen molar-refractivity contribution >= 4 is 5.97 Å². The Kier molecular flexibility index (Phi) is 3.46. The van der Waals surface area contributed by atoms with Crippen LogP contribution in [0.5, 0.6) is 0 Å². The molecule has 1 aromatic carbocycles. The van der Waals surface area contributed by atoms with Gasteiger partial charge in [-0.15, -0.1) is 0 Å². The summed E-state index contributed by atoms with van der Waals surface area (Å²) in [5.74, 6) is -0.756. The molecule has 1 atom stereocenters. The number of aryl methyl sites for hydroxylation is 1. The zero-order valence-corrected chi connectivity index (χ0v) is 10.5. The topological polar surface area (TPSA) is 55.1 Å². The lowest BCUT2D eigenvalue weighted by atomic mass is 9.95. The fourth-order valence-corrected chi connectivity index (χ4v) is 1.97. The summed E-state index contributed by atoms with van der Waals surface area (Å²) in [6, 6.07) is 7.96. The van der Waals surface area contributed by atoms with E-state index in [-0.39, 0.29) is 12.3 Å². The molecule has 0 aliphatic carbocycles. The van der Waals surface area contributed by atoms with Crippen LogP contribution in [0, 0.1) is 0 Å². The average molecular weight is 244 g/mol. The minimum absolute atomic E-state index is 0.0131. The number of hydrogen-bond donors (Lipinski definition) is 1. The molecule has 1 N–H and O–H groups in total. The predicted molar refractivity (Wildman–Crippen MR) is 69.3 cm³/mol. The Morgan fingerprint density at radius 1 is 1.44 bits per heavy atom. The van der Waals surface area contributed by atoms with Gasteiger partial charge in [0, 0.05) is 18.8 Å². The number of hydrogen-bond acceptors (Lipinski definition) is 2. The summed E-state index contributed by atoms with van der Waals surface area (Å²) in [6.07, 6.45) is 3.90. The van der Waals surface area contributed by atoms with E-state index in [0.717, 1.165) is 16.7 Å². The second-order valence-electron chi connectivity index (χ2n) is 4.53. The molecule has 0 fully saturated rings. The van der Waals surface area contributed by atoms with Crippen molar-refractivity contribution in [3.8, 4) is 11.1 Å². The monoisotopic (exact) mass is 244 g/mol. The van der Waals surface area contributed by atoms with E-state index >= 15 is 0 Å². The van der Waals surface area contributed by atoms with Crippen molar-refractivity contribution in [1.82, 2.24) is 9.78 Å². The van der Waals surface area contributed by atoms with Crippen LogP contribution in [0.2, 0.25) is 0 Å². The number of aromatic nitrogens is 2. The molecule has 0 aliphatic rings. The molecule has 2 aromatic rings. The lowest BCUT2D eigenvalue weighted by Gasteiger charge is -2.10. The second-order valence-corrected chi connectivity index (χ2v) is 4.53. The minimum Gasteiger partial charge on any atom is -0.481 e. The molecular weight excluding hydrogens is 228 g/mol. The van der Waals surface area contributed by atoms with E-state index in [2.05, 4.69) is 5.10 Å². The van der Waals surface area contributed by atoms with Crippen LogP contribution in [0.3, 0.4) is 0 Å². The number of rotatable bonds is 4. The molecule has 0 amide bonds. The first-order valence-corrected chi connectivity index (χ1v) is 5.87. The third-order valence-corrected chi connectivity index (χ3v) is 2.97. The largest absolute Gasteiger partial charge is 0.481 e. The fourth-order valence-electron chi connectivity index (χ4n) is 1.97. The number of carbonyl (C=O) groups is 1. The van der Waals surface area contributed by atoms with Gasteiger partial charge in [-0.1, -0.05) is 31.2 Å². The van der Waals surface area contributed by atoms with Crippen LogP contribution >= 0.6 is 0 Å². The van der Waals surface area contributed by atoms with Crippen molar-refractivity contribution in [2.24, 2.45) is 7.05 Å². The molecule has 18 heavy (non-hydrogen) atoms. The SMILES string of the molecule is CC(CC(=O)O)c1cccc(-c2cnn(C)c2)c1. The Labute approximate surface area is 106 Å². The summed E-state index contributed by atoms with van der Waals surface area (Å²) in [5.41, 5.74) is 3.15. The molecule has 4 nitrogen and oxygen atoms in total. The van der Waals surface area contributed by atoms with Gasteiger partial charge in [0.1, 0.15) is 0 Å². The number of carboxylic acid groups (broad SMARTS) is 1. The van der Waals surface area contributed by atoms with Crippen molar-refractivity contribution in [3.05, 3.63) is 42.2 Å². The van der Waals surface area contributed by atoms with Crippen LogP contribution in [0.1, 0.15) is 24.8 Å². The first-order valence-electron chi connectivity index (χ1n) is 5.87. The summed E-state index contributed by atoms with van der Waals surface area (Å²) in [4.78, 5) is 10.7. The van der Waals surface area contributed by atoms with Gasteiger partial charge in [-0.05, 0) is 17.0 Å². The minimum atomic E-state index is -0.769. The first-order chi connectivity index (χ1) is 8.56. The first kappa shape index (κ1) is 12.4. The van der Waals surface area contributed by atoms with Gasteiger partial charge in [0.25, 0.3) is 0 Å². The molecule has 1 heterocycles. The predicted octanol–water partition coefficient (Wildman–Crippen LogP) is 2.67. The van der Waals surface area contributed by atoms with Crippen LogP contribution < -0.4 is 0 Å². The molecule has 94 valence electrons. The highest BCUT2D eigenvalue weighted by Crippen LogP contribution is 2.25. The highest BCUT2D eigenvalue weighted by atomic mass is 16.4. The van der Waals surface area contributed by atoms with Crippen molar-refractivity contribution in [2.45, 2.75) is 19.3 Å². The van der Waals surface area contributed by atoms with Crippen molar-refractivity contribution < 1.29 is 9.90 Å². The third-order valence-electron chi connectivity index (χ3n) is 2.97. The highest BCUT2D eigenvalue weighted by Gasteiger charge is 2.11. The Morgan fingerprint density at radius 3 is 2.83 bits per heavy atom. The smallest absolute Gasteiger partial charge is 0.303 e. The van der Waals surface area contributed by atoms with Gasteiger partial charge in [-0.3, -0.25) is 9.48 Å². The molecule has 1 aromatic heterocycles. The van der Waals surface area contributed by atoms with E-state index in [1.807, 2.05) is 44.4 Å². The molecule has 0 radical (unpaired) electrons. The van der Waals surface area contributed by atoms with Gasteiger partial charge in [0.15, 0.2) is 0 Å². The maximum absolute atomic E-state index is 10.7. The zero-order valence-electron chi connectivity index (χ0n) is 10.5. The van der Waals surface area contributed by atoms with Crippen LogP contribution in [-0.2, 0) is 11.8 Å². The second kappa shape index (κ2) is 5.04. The molecule has 4 heteroatoms. The number of nitrogens with zero attached hydrogens (tertiary/aromatic N) is 2. The Balaban J connectivity index is 2.27. The molecule has 1 unspecified atom stereocenters. The summed E-state index contributed by atoms with van der Waals surface area (Å²) < 4.78 is 1.75. The molecule has 0 saturated heterocycles. The van der Waals surface area contributed by atoms with Crippen molar-refractivity contribution in [2.75, 3.05) is 0 Å². The zero-order chi connectivity index (χ0) is 13.1. The number of benzene rings is 1. The summed E-state index contributed by atoms with van der Waals surface area (Å²) in [5, 5.41) is 13.0. The van der Waals surface area contributed by atoms with Gasteiger partial charge in [0.2, 0.25) is 0 Å². The lowest BCUT2D eigenvalue weighted by Crippen LogP contribution is -2.02. The number of aliphatic carboxylic acids is 1. The van der Waals surface area contributed by atoms with Gasteiger partial charge >= 0.3 is 5.97 Å². The normalized spacial score (nSPS) is 12.3. The van der Waals surface area contributed by atoms with Crippen LogP contribution in [0.25, 0.3) is 11.1 Å². The lowest BCUT2D eigenvalue weighted by molar-refractivity contribution is -0.137. The van der Waals surface area contributed by atoms with E-state index in [4.69, 9.17) is 5.11 Å². The maximum Gasteiger partial charge on any atom is 0.303 e. The Hall–Kier alpha value is -2.10. The van der Waals surface area contributed by atoms with E-state index in [1.54, 1.807) is 10.9 Å². The van der Waals surface area contributed by atoms with Crippen molar-refractivity contribution in [1.29, 1.82) is 0 Å². The van der Waals surface area contributed by atoms with Crippen LogP contribution in [0.15, 0.2) is 36.7 Å². The average Bonchev–Trinajstić information content (AvgIpc) is 2.75. The quantitative estimate of drug-likeness (QED) is 0.899. The fraction of sp³-hybridized carbons (Fsp3) is 0.286. The van der Waals surface area contributed by atoms with Crippen LogP contribution in [-0.4, -0.2) is 20.9 Å². The Morgan fingerprint density at radius 2 is 2.22 bits per heavy atom. The molecule has 0 saturated carbocycles. The molecule has 0 bridgehead atoms. The van der Waals surface area contributed by atoms with Crippen molar-refractivity contribution in [3.63, 3.8) is 0 Å². The summed E-state index contributed by atoms with van der Waals surface area (Å²) >= 11 is 0. The van der Waals surface area contributed by atoms with E-state index in [9.17, 15) is 4.79 Å². The summed E-state index contributed by atoms with van der Waals surface area (Å²) in [7, 11) is 1.88. The highest BCUT2D eigenvalue weighted by molar-refractivity contribution is 5.68. The van der Waals surface area contributed by atoms with Gasteiger partial charge < -0.3 is 5.11 Å². The molecular formula is C14H16N2O2. The molecule has 0 spiro atoms. The number of carboxylic acids is 1. The standard InChI is InChI=1S/C14H16N2O2/c1-10(6-14(17)18)11-4-3-5-12(7-11)13-8-15-16(2)9-13/h3-5,7-10H,6H2,1-2H3,(H,17,18). The molecule has 2 rings (SSSR count). The van der Waals surface area contributed by atoms with Gasteiger partial charge in [-0.25, -0.2) is 0 Å². The van der Waals surface area contributed by atoms with Crippen LogP contribution in [0.4, 0.5) is 0 Å². The van der Waals surface area contributed by atoms with Gasteiger partial charge in [-0.2, -0.15) is 5.10 Å². The third kappa shape index (κ3) is 2.77. The van der Waals surface area contributed by atoms with Gasteiger partial charge in [0.05, 0.1) is 12.6 Å².